The van der Waals surface area contributed by atoms with Crippen LogP contribution in [0.1, 0.15) is 21.5 Å². The van der Waals surface area contributed by atoms with Gasteiger partial charge in [-0.25, -0.2) is 0 Å². The van der Waals surface area contributed by atoms with Crippen LogP contribution >= 0.6 is 23.4 Å². The van der Waals surface area contributed by atoms with Crippen LogP contribution in [0, 0.1) is 0 Å². The summed E-state index contributed by atoms with van der Waals surface area (Å²) in [5, 5.41) is 12.9. The minimum absolute atomic E-state index is 0.0237. The standard InChI is InChI=1S/C25H19ClN4O2S/c26-20-9-6-17(7-10-20)24-28-29-25(30(24)14-16-4-2-1-3-5-16)33-15-22(31)18-8-11-21-19(12-18)13-23(32)27-21/h1-12H,13-15H2,(H,27,32). The summed E-state index contributed by atoms with van der Waals surface area (Å²) in [6.45, 7) is 0.578. The number of halogens is 1. The van der Waals surface area contributed by atoms with Gasteiger partial charge in [0.15, 0.2) is 16.8 Å². The predicted octanol–water partition coefficient (Wildman–Crippen LogP) is 5.12. The second-order valence-electron chi connectivity index (χ2n) is 7.69. The topological polar surface area (TPSA) is 76.9 Å². The number of carbonyl (C=O) groups is 2. The predicted molar refractivity (Wildman–Crippen MR) is 130 cm³/mol. The molecule has 0 fully saturated rings. The highest BCUT2D eigenvalue weighted by Gasteiger charge is 2.20. The number of nitrogens with zero attached hydrogens (tertiary/aromatic N) is 3. The number of carbonyl (C=O) groups excluding carboxylic acids is 2. The van der Waals surface area contributed by atoms with Crippen LogP contribution in [0.3, 0.4) is 0 Å². The van der Waals surface area contributed by atoms with Crippen molar-refractivity contribution in [2.75, 3.05) is 11.1 Å². The van der Waals surface area contributed by atoms with Crippen LogP contribution in [-0.2, 0) is 17.8 Å². The van der Waals surface area contributed by atoms with Crippen molar-refractivity contribution in [3.8, 4) is 11.4 Å². The minimum Gasteiger partial charge on any atom is -0.326 e. The molecule has 2 heterocycles. The van der Waals surface area contributed by atoms with Gasteiger partial charge in [0.05, 0.1) is 18.7 Å². The van der Waals surface area contributed by atoms with E-state index < -0.39 is 0 Å². The van der Waals surface area contributed by atoms with Crippen molar-refractivity contribution in [3.63, 3.8) is 0 Å². The van der Waals surface area contributed by atoms with Gasteiger partial charge in [-0.2, -0.15) is 0 Å². The normalized spacial score (nSPS) is 12.5. The highest BCUT2D eigenvalue weighted by atomic mass is 35.5. The molecule has 0 radical (unpaired) electrons. The fourth-order valence-electron chi connectivity index (χ4n) is 3.73. The summed E-state index contributed by atoms with van der Waals surface area (Å²) in [6, 6.07) is 22.8. The molecule has 0 atom stereocenters. The number of fused-ring (bicyclic) bond motifs is 1. The number of aromatic nitrogens is 3. The largest absolute Gasteiger partial charge is 0.326 e. The van der Waals surface area contributed by atoms with Gasteiger partial charge in [-0.3, -0.25) is 14.2 Å². The number of ketones is 1. The van der Waals surface area contributed by atoms with Gasteiger partial charge < -0.3 is 5.32 Å². The Morgan fingerprint density at radius 1 is 1.03 bits per heavy atom. The third kappa shape index (κ3) is 4.69. The highest BCUT2D eigenvalue weighted by molar-refractivity contribution is 7.99. The van der Waals surface area contributed by atoms with Gasteiger partial charge in [-0.05, 0) is 53.6 Å². The average Bonchev–Trinajstić information content (AvgIpc) is 3.40. The number of anilines is 1. The number of rotatable bonds is 7. The summed E-state index contributed by atoms with van der Waals surface area (Å²) in [5.41, 5.74) is 4.23. The summed E-state index contributed by atoms with van der Waals surface area (Å²) >= 11 is 7.41. The van der Waals surface area contributed by atoms with Crippen LogP contribution in [0.5, 0.6) is 0 Å². The van der Waals surface area contributed by atoms with E-state index in [0.717, 1.165) is 22.4 Å². The highest BCUT2D eigenvalue weighted by Crippen LogP contribution is 2.28. The van der Waals surface area contributed by atoms with Gasteiger partial charge in [-0.1, -0.05) is 53.7 Å². The molecule has 1 N–H and O–H groups in total. The molecule has 1 aromatic heterocycles. The molecule has 6 nitrogen and oxygen atoms in total. The fraction of sp³-hybridized carbons (Fsp3) is 0.120. The van der Waals surface area contributed by atoms with E-state index in [-0.39, 0.29) is 17.4 Å². The molecule has 164 valence electrons. The summed E-state index contributed by atoms with van der Waals surface area (Å²) in [4.78, 5) is 24.5. The van der Waals surface area contributed by atoms with Crippen molar-refractivity contribution >= 4 is 40.7 Å². The lowest BCUT2D eigenvalue weighted by atomic mass is 10.1. The number of Topliss-reactive ketones (excluding diaryl/α,β-unsaturated/α-hetero) is 1. The van der Waals surface area contributed by atoms with Crippen LogP contribution in [0.2, 0.25) is 5.02 Å². The summed E-state index contributed by atoms with van der Waals surface area (Å²) in [5.74, 6) is 0.859. The van der Waals surface area contributed by atoms with Crippen molar-refractivity contribution in [1.29, 1.82) is 0 Å². The monoisotopic (exact) mass is 474 g/mol. The van der Waals surface area contributed by atoms with Crippen LogP contribution in [0.4, 0.5) is 5.69 Å². The number of thioether (sulfide) groups is 1. The molecule has 0 saturated carbocycles. The lowest BCUT2D eigenvalue weighted by Crippen LogP contribution is -2.07. The van der Waals surface area contributed by atoms with E-state index >= 15 is 0 Å². The first kappa shape index (κ1) is 21.4. The third-order valence-electron chi connectivity index (χ3n) is 5.39. The summed E-state index contributed by atoms with van der Waals surface area (Å²) in [7, 11) is 0. The van der Waals surface area contributed by atoms with Gasteiger partial charge in [0.1, 0.15) is 0 Å². The van der Waals surface area contributed by atoms with Gasteiger partial charge >= 0.3 is 0 Å². The average molecular weight is 475 g/mol. The fourth-order valence-corrected chi connectivity index (χ4v) is 4.69. The van der Waals surface area contributed by atoms with Crippen LogP contribution < -0.4 is 5.32 Å². The molecule has 1 aliphatic rings. The lowest BCUT2D eigenvalue weighted by molar-refractivity contribution is -0.115. The van der Waals surface area contributed by atoms with Crippen LogP contribution in [0.15, 0.2) is 78.0 Å². The van der Waals surface area contributed by atoms with E-state index in [9.17, 15) is 9.59 Å². The quantitative estimate of drug-likeness (QED) is 0.297. The van der Waals surface area contributed by atoms with E-state index in [0.29, 0.717) is 34.5 Å². The molecule has 0 aliphatic carbocycles. The zero-order valence-corrected chi connectivity index (χ0v) is 19.1. The van der Waals surface area contributed by atoms with Gasteiger partial charge in [0, 0.05) is 21.8 Å². The van der Waals surface area contributed by atoms with Gasteiger partial charge in [0.25, 0.3) is 0 Å². The molecule has 0 saturated heterocycles. The summed E-state index contributed by atoms with van der Waals surface area (Å²) < 4.78 is 2.02. The van der Waals surface area contributed by atoms with Crippen molar-refractivity contribution < 1.29 is 9.59 Å². The molecule has 3 aromatic carbocycles. The first-order valence-electron chi connectivity index (χ1n) is 10.4. The van der Waals surface area contributed by atoms with E-state index in [1.807, 2.05) is 59.2 Å². The minimum atomic E-state index is -0.0484. The Labute approximate surface area is 200 Å². The van der Waals surface area contributed by atoms with Crippen molar-refractivity contribution in [1.82, 2.24) is 14.8 Å². The number of hydrogen-bond acceptors (Lipinski definition) is 5. The van der Waals surface area contributed by atoms with E-state index in [4.69, 9.17) is 11.6 Å². The van der Waals surface area contributed by atoms with Crippen LogP contribution in [-0.4, -0.2) is 32.2 Å². The van der Waals surface area contributed by atoms with E-state index in [2.05, 4.69) is 15.5 Å². The summed E-state index contributed by atoms with van der Waals surface area (Å²) in [6.07, 6.45) is 0.305. The zero-order valence-electron chi connectivity index (χ0n) is 17.5. The molecule has 33 heavy (non-hydrogen) atoms. The Hall–Kier alpha value is -3.42. The second kappa shape index (κ2) is 9.21. The number of benzene rings is 3. The van der Waals surface area contributed by atoms with E-state index in [1.165, 1.54) is 11.8 Å². The van der Waals surface area contributed by atoms with E-state index in [1.54, 1.807) is 18.2 Å². The first-order valence-corrected chi connectivity index (χ1v) is 11.7. The lowest BCUT2D eigenvalue weighted by Gasteiger charge is -2.11. The second-order valence-corrected chi connectivity index (χ2v) is 9.07. The number of nitrogens with one attached hydrogen (secondary N) is 1. The number of hydrogen-bond donors (Lipinski definition) is 1. The maximum atomic E-state index is 12.9. The smallest absolute Gasteiger partial charge is 0.228 e. The molecule has 8 heteroatoms. The van der Waals surface area contributed by atoms with Crippen molar-refractivity contribution in [2.45, 2.75) is 18.1 Å². The third-order valence-corrected chi connectivity index (χ3v) is 6.61. The Balaban J connectivity index is 1.39. The Kier molecular flexibility index (Phi) is 5.98. The maximum Gasteiger partial charge on any atom is 0.228 e. The Morgan fingerprint density at radius 2 is 1.82 bits per heavy atom. The molecular weight excluding hydrogens is 456 g/mol. The SMILES string of the molecule is O=C1Cc2cc(C(=O)CSc3nnc(-c4ccc(Cl)cc4)n3Cc3ccccc3)ccc2N1. The van der Waals surface area contributed by atoms with Gasteiger partial charge in [-0.15, -0.1) is 10.2 Å². The maximum absolute atomic E-state index is 12.9. The number of amides is 1. The van der Waals surface area contributed by atoms with Crippen molar-refractivity contribution in [2.24, 2.45) is 0 Å². The molecule has 4 aromatic rings. The van der Waals surface area contributed by atoms with Crippen LogP contribution in [0.25, 0.3) is 11.4 Å². The molecule has 0 bridgehead atoms. The van der Waals surface area contributed by atoms with Gasteiger partial charge in [0.2, 0.25) is 5.91 Å². The molecule has 1 aliphatic heterocycles. The molecule has 1 amide bonds. The van der Waals surface area contributed by atoms with Crippen molar-refractivity contribution in [3.05, 3.63) is 94.5 Å². The molecule has 5 rings (SSSR count). The molecule has 0 spiro atoms. The Morgan fingerprint density at radius 3 is 2.61 bits per heavy atom. The molecule has 0 unspecified atom stereocenters. The molecular formula is C25H19ClN4O2S. The Bertz CT molecular complexity index is 1340. The zero-order chi connectivity index (χ0) is 22.8. The first-order chi connectivity index (χ1) is 16.1.